The zero-order chi connectivity index (χ0) is 15.2. The third-order valence-corrected chi connectivity index (χ3v) is 4.44. The van der Waals surface area contributed by atoms with Crippen molar-refractivity contribution in [1.29, 1.82) is 5.26 Å². The minimum atomic E-state index is 0.460. The van der Waals surface area contributed by atoms with Crippen molar-refractivity contribution in [3.8, 4) is 11.8 Å². The predicted molar refractivity (Wildman–Crippen MR) is 89.3 cm³/mol. The quantitative estimate of drug-likeness (QED) is 0.807. The Morgan fingerprint density at radius 2 is 2.29 bits per heavy atom. The first-order chi connectivity index (χ1) is 10.1. The van der Waals surface area contributed by atoms with E-state index in [4.69, 9.17) is 10.5 Å². The number of anilines is 1. The van der Waals surface area contributed by atoms with E-state index in [0.717, 1.165) is 24.2 Å². The maximum atomic E-state index is 9.20. The number of ether oxygens (including phenoxy) is 1. The maximum Gasteiger partial charge on any atom is 0.143 e. The average Bonchev–Trinajstić information content (AvgIpc) is 2.94. The first-order valence-corrected chi connectivity index (χ1v) is 8.38. The third-order valence-electron chi connectivity index (χ3n) is 3.47. The first-order valence-electron chi connectivity index (χ1n) is 7.33. The van der Waals surface area contributed by atoms with Gasteiger partial charge in [-0.15, -0.1) is 11.8 Å². The van der Waals surface area contributed by atoms with Crippen LogP contribution in [0, 0.1) is 23.2 Å². The molecule has 112 valence electrons. The van der Waals surface area contributed by atoms with Crippen LogP contribution in [0.25, 0.3) is 0 Å². The van der Waals surface area contributed by atoms with E-state index in [1.54, 1.807) is 0 Å². The molecule has 0 saturated heterocycles. The second kappa shape index (κ2) is 7.42. The van der Waals surface area contributed by atoms with Crippen molar-refractivity contribution in [2.45, 2.75) is 26.7 Å². The van der Waals surface area contributed by atoms with Crippen LogP contribution in [0.4, 0.5) is 5.69 Å². The number of hydrogen-bond donors (Lipinski definition) is 1. The highest BCUT2D eigenvalue weighted by Crippen LogP contribution is 2.29. The monoisotopic (exact) mass is 302 g/mol. The number of allylic oxidation sites excluding steroid dienone is 1. The van der Waals surface area contributed by atoms with Gasteiger partial charge in [0.1, 0.15) is 11.8 Å². The van der Waals surface area contributed by atoms with Crippen molar-refractivity contribution < 1.29 is 4.74 Å². The largest absolute Gasteiger partial charge is 0.491 e. The number of rotatable bonds is 6. The Labute approximate surface area is 131 Å². The van der Waals surface area contributed by atoms with Gasteiger partial charge in [0, 0.05) is 5.75 Å². The molecule has 3 nitrogen and oxygen atoms in total. The summed E-state index contributed by atoms with van der Waals surface area (Å²) in [4.78, 5) is 0. The smallest absolute Gasteiger partial charge is 0.143 e. The number of nitriles is 1. The van der Waals surface area contributed by atoms with Crippen molar-refractivity contribution in [3.05, 3.63) is 34.7 Å². The van der Waals surface area contributed by atoms with Crippen LogP contribution in [-0.4, -0.2) is 12.4 Å². The van der Waals surface area contributed by atoms with Gasteiger partial charge in [0.05, 0.1) is 17.9 Å². The van der Waals surface area contributed by atoms with Crippen LogP contribution in [0.3, 0.4) is 0 Å². The standard InChI is InChI=1S/C17H22N2OS/c1-12(2)7-14-8-15(10-18)17(19)16(9-14)20-5-3-13-4-6-21-11-13/h4,6,8-9,12-13H,3,5,7,11,19H2,1-2H3. The molecule has 1 aliphatic heterocycles. The molecule has 0 bridgehead atoms. The second-order valence-corrected chi connectivity index (χ2v) is 6.76. The predicted octanol–water partition coefficient (Wildman–Crippen LogP) is 3.98. The number of nitrogens with two attached hydrogens (primary N) is 1. The summed E-state index contributed by atoms with van der Waals surface area (Å²) in [5, 5.41) is 11.4. The molecule has 2 rings (SSSR count). The summed E-state index contributed by atoms with van der Waals surface area (Å²) in [7, 11) is 0. The second-order valence-electron chi connectivity index (χ2n) is 5.82. The molecular formula is C17H22N2OS. The molecule has 4 heteroatoms. The molecule has 1 aromatic rings. The molecule has 0 aromatic heterocycles. The maximum absolute atomic E-state index is 9.20. The van der Waals surface area contributed by atoms with E-state index in [1.165, 1.54) is 0 Å². The third kappa shape index (κ3) is 4.44. The fourth-order valence-electron chi connectivity index (χ4n) is 2.39. The summed E-state index contributed by atoms with van der Waals surface area (Å²) in [6, 6.07) is 6.02. The lowest BCUT2D eigenvalue weighted by Crippen LogP contribution is -2.08. The summed E-state index contributed by atoms with van der Waals surface area (Å²) in [5.74, 6) is 2.91. The van der Waals surface area contributed by atoms with E-state index >= 15 is 0 Å². The molecule has 1 aliphatic rings. The Morgan fingerprint density at radius 3 is 2.90 bits per heavy atom. The zero-order valence-electron chi connectivity index (χ0n) is 12.6. The van der Waals surface area contributed by atoms with Crippen molar-refractivity contribution in [3.63, 3.8) is 0 Å². The molecule has 0 amide bonds. The molecule has 21 heavy (non-hydrogen) atoms. The zero-order valence-corrected chi connectivity index (χ0v) is 13.5. The summed E-state index contributed by atoms with van der Waals surface area (Å²) in [6.45, 7) is 4.95. The number of hydrogen-bond acceptors (Lipinski definition) is 4. The van der Waals surface area contributed by atoms with Crippen molar-refractivity contribution >= 4 is 17.4 Å². The van der Waals surface area contributed by atoms with E-state index < -0.39 is 0 Å². The van der Waals surface area contributed by atoms with Crippen molar-refractivity contribution in [2.75, 3.05) is 18.1 Å². The highest BCUT2D eigenvalue weighted by molar-refractivity contribution is 8.02. The molecule has 1 atom stereocenters. The average molecular weight is 302 g/mol. The lowest BCUT2D eigenvalue weighted by Gasteiger charge is -2.14. The minimum Gasteiger partial charge on any atom is -0.491 e. The van der Waals surface area contributed by atoms with Gasteiger partial charge in [0.2, 0.25) is 0 Å². The Kier molecular flexibility index (Phi) is 5.58. The summed E-state index contributed by atoms with van der Waals surface area (Å²) < 4.78 is 5.84. The molecule has 0 fully saturated rings. The van der Waals surface area contributed by atoms with Gasteiger partial charge >= 0.3 is 0 Å². The number of thioether (sulfide) groups is 1. The van der Waals surface area contributed by atoms with Gasteiger partial charge in [0.25, 0.3) is 0 Å². The Balaban J connectivity index is 2.05. The molecule has 1 unspecified atom stereocenters. The van der Waals surface area contributed by atoms with Crippen molar-refractivity contribution in [2.24, 2.45) is 11.8 Å². The highest BCUT2D eigenvalue weighted by Gasteiger charge is 2.13. The van der Waals surface area contributed by atoms with E-state index in [9.17, 15) is 5.26 Å². The lowest BCUT2D eigenvalue weighted by molar-refractivity contribution is 0.298. The van der Waals surface area contributed by atoms with Crippen LogP contribution in [0.5, 0.6) is 5.75 Å². The Hall–Kier alpha value is -1.60. The van der Waals surface area contributed by atoms with Gasteiger partial charge in [-0.1, -0.05) is 19.9 Å². The van der Waals surface area contributed by atoms with Crippen LogP contribution >= 0.6 is 11.8 Å². The lowest BCUT2D eigenvalue weighted by atomic mass is 10.00. The molecule has 0 radical (unpaired) electrons. The van der Waals surface area contributed by atoms with E-state index in [-0.39, 0.29) is 0 Å². The SMILES string of the molecule is CC(C)Cc1cc(C#N)c(N)c(OCCC2C=CSC2)c1. The summed E-state index contributed by atoms with van der Waals surface area (Å²) in [5.41, 5.74) is 8.11. The van der Waals surface area contributed by atoms with Crippen LogP contribution in [-0.2, 0) is 6.42 Å². The Morgan fingerprint density at radius 1 is 1.48 bits per heavy atom. The molecule has 2 N–H and O–H groups in total. The van der Waals surface area contributed by atoms with Gasteiger partial charge < -0.3 is 10.5 Å². The van der Waals surface area contributed by atoms with Crippen LogP contribution < -0.4 is 10.5 Å². The fourth-order valence-corrected chi connectivity index (χ4v) is 3.36. The number of nitrogen functional groups attached to an aromatic ring is 1. The molecular weight excluding hydrogens is 280 g/mol. The van der Waals surface area contributed by atoms with E-state index in [0.29, 0.717) is 35.4 Å². The molecule has 0 spiro atoms. The fraction of sp³-hybridized carbons (Fsp3) is 0.471. The van der Waals surface area contributed by atoms with Gasteiger partial charge in [-0.3, -0.25) is 0 Å². The summed E-state index contributed by atoms with van der Waals surface area (Å²) in [6.07, 6.45) is 4.14. The van der Waals surface area contributed by atoms with Crippen molar-refractivity contribution in [1.82, 2.24) is 0 Å². The summed E-state index contributed by atoms with van der Waals surface area (Å²) >= 11 is 1.84. The first kappa shape index (κ1) is 15.8. The van der Waals surface area contributed by atoms with Gasteiger partial charge in [-0.2, -0.15) is 5.26 Å². The highest BCUT2D eigenvalue weighted by atomic mass is 32.2. The Bertz CT molecular complexity index is 561. The van der Waals surface area contributed by atoms with Gasteiger partial charge in [-0.05, 0) is 47.8 Å². The minimum absolute atomic E-state index is 0.460. The van der Waals surface area contributed by atoms with Gasteiger partial charge in [0.15, 0.2) is 0 Å². The molecule has 0 saturated carbocycles. The topological polar surface area (TPSA) is 59.0 Å². The van der Waals surface area contributed by atoms with E-state index in [2.05, 4.69) is 31.4 Å². The van der Waals surface area contributed by atoms with Crippen LogP contribution in [0.2, 0.25) is 0 Å². The normalized spacial score (nSPS) is 17.1. The number of nitrogens with zero attached hydrogens (tertiary/aromatic N) is 1. The van der Waals surface area contributed by atoms with Crippen LogP contribution in [0.1, 0.15) is 31.4 Å². The van der Waals surface area contributed by atoms with E-state index in [1.807, 2.05) is 23.9 Å². The molecule has 1 heterocycles. The van der Waals surface area contributed by atoms with Crippen LogP contribution in [0.15, 0.2) is 23.6 Å². The molecule has 1 aromatic carbocycles. The van der Waals surface area contributed by atoms with Gasteiger partial charge in [-0.25, -0.2) is 0 Å². The number of benzene rings is 1. The molecule has 0 aliphatic carbocycles.